The maximum absolute atomic E-state index is 13.5. The van der Waals surface area contributed by atoms with Crippen molar-refractivity contribution in [2.45, 2.75) is 44.0 Å². The second-order valence-corrected chi connectivity index (χ2v) is 11.3. The van der Waals surface area contributed by atoms with Gasteiger partial charge in [-0.1, -0.05) is 24.3 Å². The fourth-order valence-corrected chi connectivity index (χ4v) is 4.95. The minimum atomic E-state index is -5.08. The quantitative estimate of drug-likeness (QED) is 0.177. The summed E-state index contributed by atoms with van der Waals surface area (Å²) in [6.07, 6.45) is -3.58. The highest BCUT2D eigenvalue weighted by molar-refractivity contribution is 7.90. The zero-order chi connectivity index (χ0) is 33.4. The number of carboxylic acids is 1. The SMILES string of the molecule is CCOc1cc(C(Nc2ccc3c(N)nccc3c2)C(=O)NS(=O)(=O)c2ccccc2)ccc1OC(C)C.O=C(O)C(F)(F)F. The van der Waals surface area contributed by atoms with Gasteiger partial charge in [0.05, 0.1) is 17.6 Å². The number of nitrogens with two attached hydrogens (primary N) is 1. The molecular formula is C30H31F3N4O7S. The number of anilines is 2. The van der Waals surface area contributed by atoms with E-state index in [9.17, 15) is 26.4 Å². The molecule has 0 aliphatic rings. The first kappa shape index (κ1) is 34.4. The summed E-state index contributed by atoms with van der Waals surface area (Å²) in [5.74, 6) is -2.16. The van der Waals surface area contributed by atoms with E-state index in [4.69, 9.17) is 25.1 Å². The van der Waals surface area contributed by atoms with Crippen molar-refractivity contribution < 1.29 is 45.8 Å². The Bertz CT molecular complexity index is 1750. The molecule has 0 aliphatic heterocycles. The standard InChI is InChI=1S/C28H30N4O5S.C2HF3O2/c1-4-36-25-17-20(10-13-24(25)37-18(2)3)26(28(33)32-38(34,35)22-8-6-5-7-9-22)31-21-11-12-23-19(16-21)14-15-30-27(23)29;3-2(4,5)1(6)7/h5-18,26,31H,4H2,1-3H3,(H2,29,30)(H,32,33);(H,6,7). The number of hydrogen-bond acceptors (Lipinski definition) is 9. The molecule has 4 rings (SSSR count). The lowest BCUT2D eigenvalue weighted by atomic mass is 10.0. The van der Waals surface area contributed by atoms with Crippen LogP contribution in [0.4, 0.5) is 24.7 Å². The minimum absolute atomic E-state index is 0.0172. The lowest BCUT2D eigenvalue weighted by molar-refractivity contribution is -0.192. The fourth-order valence-electron chi connectivity index (χ4n) is 3.93. The lowest BCUT2D eigenvalue weighted by Crippen LogP contribution is -2.37. The molecule has 1 amide bonds. The van der Waals surface area contributed by atoms with E-state index >= 15 is 0 Å². The summed E-state index contributed by atoms with van der Waals surface area (Å²) in [5.41, 5.74) is 7.05. The number of sulfonamides is 1. The number of nitrogens with one attached hydrogen (secondary N) is 2. The topological polar surface area (TPSA) is 170 Å². The average molecular weight is 649 g/mol. The van der Waals surface area contributed by atoms with Gasteiger partial charge in [0, 0.05) is 17.3 Å². The van der Waals surface area contributed by atoms with Crippen molar-refractivity contribution in [2.24, 2.45) is 0 Å². The molecule has 5 N–H and O–H groups in total. The molecule has 0 saturated heterocycles. The molecule has 0 bridgehead atoms. The van der Waals surface area contributed by atoms with Gasteiger partial charge in [-0.15, -0.1) is 0 Å². The molecule has 3 aromatic carbocycles. The summed E-state index contributed by atoms with van der Waals surface area (Å²) >= 11 is 0. The number of alkyl halides is 3. The second-order valence-electron chi connectivity index (χ2n) is 9.60. The number of amides is 1. The number of carbonyl (C=O) groups is 2. The van der Waals surface area contributed by atoms with Gasteiger partial charge in [-0.25, -0.2) is 22.9 Å². The lowest BCUT2D eigenvalue weighted by Gasteiger charge is -2.22. The summed E-state index contributed by atoms with van der Waals surface area (Å²) in [5, 5.41) is 11.9. The largest absolute Gasteiger partial charge is 0.490 e. The molecule has 11 nitrogen and oxygen atoms in total. The van der Waals surface area contributed by atoms with Gasteiger partial charge in [0.2, 0.25) is 0 Å². The van der Waals surface area contributed by atoms with Gasteiger partial charge in [0.1, 0.15) is 11.9 Å². The van der Waals surface area contributed by atoms with Crippen LogP contribution in [-0.4, -0.2) is 49.3 Å². The van der Waals surface area contributed by atoms with Crippen molar-refractivity contribution in [1.82, 2.24) is 9.71 Å². The number of nitrogen functional groups attached to an aromatic ring is 1. The Labute approximate surface area is 257 Å². The third kappa shape index (κ3) is 9.47. The van der Waals surface area contributed by atoms with Crippen molar-refractivity contribution in [2.75, 3.05) is 17.7 Å². The van der Waals surface area contributed by atoms with Gasteiger partial charge in [-0.3, -0.25) is 4.79 Å². The van der Waals surface area contributed by atoms with E-state index in [-0.39, 0.29) is 11.0 Å². The number of hydrogen-bond donors (Lipinski definition) is 4. The predicted molar refractivity (Wildman–Crippen MR) is 161 cm³/mol. The van der Waals surface area contributed by atoms with Crippen LogP contribution < -0.4 is 25.2 Å². The Morgan fingerprint density at radius 3 is 2.27 bits per heavy atom. The Morgan fingerprint density at radius 2 is 1.67 bits per heavy atom. The summed E-state index contributed by atoms with van der Waals surface area (Å²) in [4.78, 5) is 26.5. The van der Waals surface area contributed by atoms with Crippen LogP contribution in [0.1, 0.15) is 32.4 Å². The van der Waals surface area contributed by atoms with Crippen LogP contribution in [0.25, 0.3) is 10.8 Å². The van der Waals surface area contributed by atoms with E-state index in [2.05, 4.69) is 15.0 Å². The predicted octanol–water partition coefficient (Wildman–Crippen LogP) is 5.29. The molecule has 1 unspecified atom stereocenters. The number of aromatic nitrogens is 1. The van der Waals surface area contributed by atoms with Gasteiger partial charge >= 0.3 is 12.1 Å². The zero-order valence-corrected chi connectivity index (χ0v) is 25.1. The molecule has 45 heavy (non-hydrogen) atoms. The highest BCUT2D eigenvalue weighted by atomic mass is 32.2. The number of benzene rings is 3. The molecular weight excluding hydrogens is 617 g/mol. The van der Waals surface area contributed by atoms with Crippen LogP contribution in [0.2, 0.25) is 0 Å². The van der Waals surface area contributed by atoms with Crippen molar-refractivity contribution in [1.29, 1.82) is 0 Å². The maximum Gasteiger partial charge on any atom is 0.490 e. The number of fused-ring (bicyclic) bond motifs is 1. The molecule has 4 aromatic rings. The second kappa shape index (κ2) is 14.6. The molecule has 1 aromatic heterocycles. The monoisotopic (exact) mass is 648 g/mol. The number of carbonyl (C=O) groups excluding carboxylic acids is 1. The Hall–Kier alpha value is -5.05. The van der Waals surface area contributed by atoms with Gasteiger partial charge in [0.15, 0.2) is 11.5 Å². The minimum Gasteiger partial charge on any atom is -0.490 e. The highest BCUT2D eigenvalue weighted by Crippen LogP contribution is 2.33. The smallest absolute Gasteiger partial charge is 0.490 e. The van der Waals surface area contributed by atoms with Crippen molar-refractivity contribution in [3.63, 3.8) is 0 Å². The molecule has 0 aliphatic carbocycles. The van der Waals surface area contributed by atoms with Gasteiger partial charge in [-0.2, -0.15) is 13.2 Å². The molecule has 1 atom stereocenters. The van der Waals surface area contributed by atoms with E-state index in [1.165, 1.54) is 12.1 Å². The molecule has 0 fully saturated rings. The van der Waals surface area contributed by atoms with Crippen LogP contribution in [-0.2, 0) is 19.6 Å². The first-order valence-corrected chi connectivity index (χ1v) is 14.9. The summed E-state index contributed by atoms with van der Waals surface area (Å²) in [7, 11) is -4.11. The zero-order valence-electron chi connectivity index (χ0n) is 24.3. The van der Waals surface area contributed by atoms with E-state index in [1.807, 2.05) is 26.8 Å². The third-order valence-electron chi connectivity index (χ3n) is 5.86. The molecule has 240 valence electrons. The molecule has 15 heteroatoms. The Kier molecular flexibility index (Phi) is 11.2. The van der Waals surface area contributed by atoms with Crippen molar-refractivity contribution >= 4 is 44.2 Å². The van der Waals surface area contributed by atoms with Gasteiger partial charge in [-0.05, 0) is 80.3 Å². The molecule has 1 heterocycles. The Morgan fingerprint density at radius 1 is 1.00 bits per heavy atom. The third-order valence-corrected chi connectivity index (χ3v) is 7.23. The first-order valence-electron chi connectivity index (χ1n) is 13.4. The number of pyridine rings is 1. The van der Waals surface area contributed by atoms with E-state index in [0.29, 0.717) is 35.2 Å². The first-order chi connectivity index (χ1) is 21.1. The van der Waals surface area contributed by atoms with E-state index in [0.717, 1.165) is 10.8 Å². The fraction of sp³-hybridized carbons (Fsp3) is 0.233. The number of rotatable bonds is 10. The maximum atomic E-state index is 13.5. The van der Waals surface area contributed by atoms with Crippen LogP contribution in [0, 0.1) is 0 Å². The van der Waals surface area contributed by atoms with Crippen molar-refractivity contribution in [3.8, 4) is 11.5 Å². The summed E-state index contributed by atoms with van der Waals surface area (Å²) in [6.45, 7) is 6.02. The van der Waals surface area contributed by atoms with Gasteiger partial charge < -0.3 is 25.6 Å². The number of ether oxygens (including phenoxy) is 2. The number of aliphatic carboxylic acids is 1. The van der Waals surface area contributed by atoms with E-state index in [1.54, 1.807) is 60.8 Å². The van der Waals surface area contributed by atoms with Crippen molar-refractivity contribution in [3.05, 3.63) is 84.6 Å². The van der Waals surface area contributed by atoms with Crippen LogP contribution in [0.3, 0.4) is 0 Å². The normalized spacial score (nSPS) is 12.1. The summed E-state index contributed by atoms with van der Waals surface area (Å²) in [6, 6.07) is 18.9. The molecule has 0 saturated carbocycles. The summed E-state index contributed by atoms with van der Waals surface area (Å²) < 4.78 is 71.5. The average Bonchev–Trinajstić information content (AvgIpc) is 2.97. The molecule has 0 radical (unpaired) electrons. The van der Waals surface area contributed by atoms with Gasteiger partial charge in [0.25, 0.3) is 15.9 Å². The van der Waals surface area contributed by atoms with E-state index < -0.39 is 34.1 Å². The van der Waals surface area contributed by atoms with Crippen LogP contribution in [0.5, 0.6) is 11.5 Å². The number of halogens is 3. The van der Waals surface area contributed by atoms with Crippen LogP contribution in [0.15, 0.2) is 83.9 Å². The Balaban J connectivity index is 0.000000707. The number of carboxylic acid groups (broad SMARTS) is 1. The number of nitrogens with zero attached hydrogens (tertiary/aromatic N) is 1. The van der Waals surface area contributed by atoms with Crippen LogP contribution >= 0.6 is 0 Å². The highest BCUT2D eigenvalue weighted by Gasteiger charge is 2.38. The molecule has 0 spiro atoms.